The summed E-state index contributed by atoms with van der Waals surface area (Å²) in [5.74, 6) is 0.621. The number of hydrogen-bond acceptors (Lipinski definition) is 4. The fourth-order valence-corrected chi connectivity index (χ4v) is 1.99. The van der Waals surface area contributed by atoms with E-state index in [1.54, 1.807) is 12.1 Å². The van der Waals surface area contributed by atoms with Crippen LogP contribution < -0.4 is 5.32 Å². The van der Waals surface area contributed by atoms with Crippen LogP contribution in [0, 0.1) is 5.92 Å². The lowest BCUT2D eigenvalue weighted by atomic mass is 10.0. The Bertz CT molecular complexity index is 393. The molecule has 0 aliphatic rings. The van der Waals surface area contributed by atoms with Crippen LogP contribution in [0.4, 0.5) is 0 Å². The monoisotopic (exact) mass is 267 g/mol. The smallest absolute Gasteiger partial charge is 0.124 e. The van der Waals surface area contributed by atoms with Crippen molar-refractivity contribution in [2.75, 3.05) is 13.2 Å². The van der Waals surface area contributed by atoms with Crippen molar-refractivity contribution < 1.29 is 14.9 Å². The summed E-state index contributed by atoms with van der Waals surface area (Å²) in [6.07, 6.45) is 0. The minimum absolute atomic E-state index is 0.00606. The molecule has 0 aliphatic heterocycles. The van der Waals surface area contributed by atoms with Crippen LogP contribution in [-0.2, 0) is 4.74 Å². The van der Waals surface area contributed by atoms with Crippen LogP contribution in [0.15, 0.2) is 18.2 Å². The number of nitrogens with one attached hydrogen (secondary N) is 1. The average Bonchev–Trinajstić information content (AvgIpc) is 2.33. The van der Waals surface area contributed by atoms with Crippen LogP contribution in [0.5, 0.6) is 11.5 Å². The highest BCUT2D eigenvalue weighted by Crippen LogP contribution is 2.28. The highest BCUT2D eigenvalue weighted by molar-refractivity contribution is 5.40. The molecule has 3 N–H and O–H groups in total. The first-order chi connectivity index (χ1) is 8.95. The molecule has 19 heavy (non-hydrogen) atoms. The predicted molar refractivity (Wildman–Crippen MR) is 76.4 cm³/mol. The standard InChI is InChI=1S/C15H25NO3/c1-5-19-9-14(10(2)3)16-11(4)13-7-6-12(17)8-15(13)18/h6-8,10-11,14,16-18H,5,9H2,1-4H3. The van der Waals surface area contributed by atoms with Crippen molar-refractivity contribution in [2.24, 2.45) is 5.92 Å². The van der Waals surface area contributed by atoms with Crippen LogP contribution >= 0.6 is 0 Å². The first-order valence-electron chi connectivity index (χ1n) is 6.81. The Labute approximate surface area is 115 Å². The van der Waals surface area contributed by atoms with Crippen molar-refractivity contribution in [2.45, 2.75) is 39.8 Å². The molecule has 1 rings (SSSR count). The topological polar surface area (TPSA) is 61.7 Å². The number of rotatable bonds is 7. The van der Waals surface area contributed by atoms with Crippen molar-refractivity contribution in [3.05, 3.63) is 23.8 Å². The van der Waals surface area contributed by atoms with E-state index in [1.807, 2.05) is 13.8 Å². The molecule has 2 unspecified atom stereocenters. The van der Waals surface area contributed by atoms with Gasteiger partial charge in [-0.2, -0.15) is 0 Å². The Morgan fingerprint density at radius 3 is 2.42 bits per heavy atom. The van der Waals surface area contributed by atoms with Crippen LogP contribution in [0.2, 0.25) is 0 Å². The molecule has 0 radical (unpaired) electrons. The Hall–Kier alpha value is -1.26. The third-order valence-electron chi connectivity index (χ3n) is 3.25. The molecule has 4 nitrogen and oxygen atoms in total. The number of hydrogen-bond donors (Lipinski definition) is 3. The van der Waals surface area contributed by atoms with Gasteiger partial charge in [-0.25, -0.2) is 0 Å². The van der Waals surface area contributed by atoms with Crippen LogP contribution in [0.3, 0.4) is 0 Å². The molecule has 4 heteroatoms. The van der Waals surface area contributed by atoms with Crippen molar-refractivity contribution in [3.63, 3.8) is 0 Å². The summed E-state index contributed by atoms with van der Waals surface area (Å²) in [4.78, 5) is 0. The molecule has 0 saturated heterocycles. The maximum Gasteiger partial charge on any atom is 0.124 e. The van der Waals surface area contributed by atoms with Gasteiger partial charge in [0.15, 0.2) is 0 Å². The summed E-state index contributed by atoms with van der Waals surface area (Å²) in [5.41, 5.74) is 0.778. The van der Waals surface area contributed by atoms with E-state index in [2.05, 4.69) is 19.2 Å². The molecule has 0 fully saturated rings. The Kier molecular flexibility index (Phi) is 6.12. The summed E-state index contributed by atoms with van der Waals surface area (Å²) in [6, 6.07) is 4.90. The highest BCUT2D eigenvalue weighted by atomic mass is 16.5. The second-order valence-corrected chi connectivity index (χ2v) is 5.14. The van der Waals surface area contributed by atoms with E-state index in [0.29, 0.717) is 19.1 Å². The zero-order valence-electron chi connectivity index (χ0n) is 12.2. The maximum atomic E-state index is 9.86. The van der Waals surface area contributed by atoms with Crippen molar-refractivity contribution in [1.82, 2.24) is 5.32 Å². The lowest BCUT2D eigenvalue weighted by Crippen LogP contribution is -2.39. The van der Waals surface area contributed by atoms with Gasteiger partial charge >= 0.3 is 0 Å². The first-order valence-corrected chi connectivity index (χ1v) is 6.81. The molecule has 0 spiro atoms. The lowest BCUT2D eigenvalue weighted by Gasteiger charge is -2.27. The maximum absolute atomic E-state index is 9.86. The predicted octanol–water partition coefficient (Wildman–Crippen LogP) is 2.81. The van der Waals surface area contributed by atoms with Gasteiger partial charge in [-0.15, -0.1) is 0 Å². The Balaban J connectivity index is 2.72. The minimum atomic E-state index is -0.00606. The molecule has 0 heterocycles. The zero-order valence-corrected chi connectivity index (χ0v) is 12.2. The van der Waals surface area contributed by atoms with Gasteiger partial charge in [0, 0.05) is 30.3 Å². The number of ether oxygens (including phenoxy) is 1. The largest absolute Gasteiger partial charge is 0.508 e. The minimum Gasteiger partial charge on any atom is -0.508 e. The molecule has 0 saturated carbocycles. The third kappa shape index (κ3) is 4.73. The first kappa shape index (κ1) is 15.8. The fraction of sp³-hybridized carbons (Fsp3) is 0.600. The lowest BCUT2D eigenvalue weighted by molar-refractivity contribution is 0.104. The van der Waals surface area contributed by atoms with E-state index in [0.717, 1.165) is 5.56 Å². The van der Waals surface area contributed by atoms with Crippen LogP contribution in [-0.4, -0.2) is 29.5 Å². The zero-order chi connectivity index (χ0) is 14.4. The normalized spacial score (nSPS) is 14.6. The van der Waals surface area contributed by atoms with Gasteiger partial charge in [-0.1, -0.05) is 19.9 Å². The quantitative estimate of drug-likeness (QED) is 0.711. The van der Waals surface area contributed by atoms with E-state index < -0.39 is 0 Å². The van der Waals surface area contributed by atoms with Crippen LogP contribution in [0.25, 0.3) is 0 Å². The van der Waals surface area contributed by atoms with Gasteiger partial charge < -0.3 is 20.3 Å². The highest BCUT2D eigenvalue weighted by Gasteiger charge is 2.18. The molecular weight excluding hydrogens is 242 g/mol. The number of phenols is 2. The molecule has 0 amide bonds. The van der Waals surface area contributed by atoms with E-state index in [9.17, 15) is 10.2 Å². The molecule has 1 aromatic carbocycles. The molecule has 1 aromatic rings. The Morgan fingerprint density at radius 1 is 1.21 bits per heavy atom. The van der Waals surface area contributed by atoms with Gasteiger partial charge in [-0.3, -0.25) is 0 Å². The third-order valence-corrected chi connectivity index (χ3v) is 3.25. The SMILES string of the molecule is CCOCC(NC(C)c1ccc(O)cc1O)C(C)C. The summed E-state index contributed by atoms with van der Waals surface area (Å²) in [7, 11) is 0. The van der Waals surface area contributed by atoms with E-state index in [1.165, 1.54) is 6.07 Å². The number of phenolic OH excluding ortho intramolecular Hbond substituents is 2. The number of benzene rings is 1. The van der Waals surface area contributed by atoms with Gasteiger partial charge in [0.05, 0.1) is 6.61 Å². The summed E-state index contributed by atoms with van der Waals surface area (Å²) < 4.78 is 5.48. The molecule has 2 atom stereocenters. The van der Waals surface area contributed by atoms with E-state index in [4.69, 9.17) is 4.74 Å². The Morgan fingerprint density at radius 2 is 1.89 bits per heavy atom. The number of aromatic hydroxyl groups is 2. The summed E-state index contributed by atoms with van der Waals surface area (Å²) >= 11 is 0. The van der Waals surface area contributed by atoms with Crippen molar-refractivity contribution in [3.8, 4) is 11.5 Å². The summed E-state index contributed by atoms with van der Waals surface area (Å²) in [6.45, 7) is 9.60. The molecule has 108 valence electrons. The molecular formula is C15H25NO3. The van der Waals surface area contributed by atoms with E-state index in [-0.39, 0.29) is 23.6 Å². The van der Waals surface area contributed by atoms with E-state index >= 15 is 0 Å². The van der Waals surface area contributed by atoms with Gasteiger partial charge in [0.25, 0.3) is 0 Å². The molecule has 0 bridgehead atoms. The second kappa shape index (κ2) is 7.36. The van der Waals surface area contributed by atoms with Gasteiger partial charge in [0.2, 0.25) is 0 Å². The molecule has 0 aromatic heterocycles. The average molecular weight is 267 g/mol. The van der Waals surface area contributed by atoms with Crippen molar-refractivity contribution >= 4 is 0 Å². The van der Waals surface area contributed by atoms with Gasteiger partial charge in [-0.05, 0) is 25.8 Å². The fourth-order valence-electron chi connectivity index (χ4n) is 1.99. The second-order valence-electron chi connectivity index (χ2n) is 5.14. The van der Waals surface area contributed by atoms with Crippen LogP contribution in [0.1, 0.15) is 39.3 Å². The molecule has 0 aliphatic carbocycles. The summed E-state index contributed by atoms with van der Waals surface area (Å²) in [5, 5.41) is 22.6. The van der Waals surface area contributed by atoms with Crippen molar-refractivity contribution in [1.29, 1.82) is 0 Å². The van der Waals surface area contributed by atoms with Gasteiger partial charge in [0.1, 0.15) is 11.5 Å².